The summed E-state index contributed by atoms with van der Waals surface area (Å²) in [5.41, 5.74) is 0.978. The van der Waals surface area contributed by atoms with Crippen molar-refractivity contribution in [2.75, 3.05) is 6.54 Å². The van der Waals surface area contributed by atoms with E-state index in [1.165, 1.54) is 19.3 Å². The SMILES string of the molecule is C=C(Br)CNC1C2(C)CCC(C2)C1(C)C. The summed E-state index contributed by atoms with van der Waals surface area (Å²) in [6.07, 6.45) is 4.23. The minimum atomic E-state index is 0.454. The first-order valence-electron chi connectivity index (χ1n) is 5.93. The van der Waals surface area contributed by atoms with Crippen molar-refractivity contribution in [3.05, 3.63) is 11.1 Å². The molecule has 2 saturated carbocycles. The molecule has 0 aromatic heterocycles. The maximum Gasteiger partial charge on any atom is 0.0268 e. The maximum absolute atomic E-state index is 3.90. The Bertz CT molecular complexity index is 280. The van der Waals surface area contributed by atoms with Crippen molar-refractivity contribution in [2.24, 2.45) is 16.7 Å². The van der Waals surface area contributed by atoms with E-state index in [4.69, 9.17) is 0 Å². The van der Waals surface area contributed by atoms with E-state index in [0.29, 0.717) is 16.9 Å². The smallest absolute Gasteiger partial charge is 0.0268 e. The van der Waals surface area contributed by atoms with Crippen LogP contribution < -0.4 is 5.32 Å². The third kappa shape index (κ3) is 1.80. The van der Waals surface area contributed by atoms with Gasteiger partial charge >= 0.3 is 0 Å². The number of halogens is 1. The monoisotopic (exact) mass is 271 g/mol. The van der Waals surface area contributed by atoms with Crippen LogP contribution in [0, 0.1) is 16.7 Å². The van der Waals surface area contributed by atoms with Gasteiger partial charge in [-0.25, -0.2) is 0 Å². The molecule has 3 unspecified atom stereocenters. The summed E-state index contributed by atoms with van der Waals surface area (Å²) in [6.45, 7) is 12.1. The summed E-state index contributed by atoms with van der Waals surface area (Å²) in [5, 5.41) is 3.70. The fourth-order valence-corrected chi connectivity index (χ4v) is 4.19. The Balaban J connectivity index is 2.12. The first-order valence-corrected chi connectivity index (χ1v) is 6.72. The molecule has 3 atom stereocenters. The van der Waals surface area contributed by atoms with Crippen LogP contribution in [-0.4, -0.2) is 12.6 Å². The quantitative estimate of drug-likeness (QED) is 0.826. The van der Waals surface area contributed by atoms with Crippen LogP contribution in [0.2, 0.25) is 0 Å². The topological polar surface area (TPSA) is 12.0 Å². The lowest BCUT2D eigenvalue weighted by atomic mass is 9.68. The molecule has 0 aromatic rings. The molecule has 1 N–H and O–H groups in total. The van der Waals surface area contributed by atoms with Crippen LogP contribution in [0.15, 0.2) is 11.1 Å². The first-order chi connectivity index (χ1) is 6.86. The molecule has 0 saturated heterocycles. The molecule has 1 nitrogen and oxygen atoms in total. The molecule has 0 amide bonds. The largest absolute Gasteiger partial charge is 0.308 e. The summed E-state index contributed by atoms with van der Waals surface area (Å²) in [4.78, 5) is 0. The summed E-state index contributed by atoms with van der Waals surface area (Å²) in [5.74, 6) is 0.920. The Hall–Kier alpha value is 0.180. The third-order valence-electron chi connectivity index (χ3n) is 4.77. The van der Waals surface area contributed by atoms with E-state index in [9.17, 15) is 0 Å². The van der Waals surface area contributed by atoms with Crippen molar-refractivity contribution in [2.45, 2.75) is 46.1 Å². The second-order valence-electron chi connectivity index (χ2n) is 6.25. The van der Waals surface area contributed by atoms with E-state index in [1.54, 1.807) is 0 Å². The van der Waals surface area contributed by atoms with Crippen LogP contribution in [0.5, 0.6) is 0 Å². The normalized spacial score (nSPS) is 42.1. The number of hydrogen-bond donors (Lipinski definition) is 1. The predicted octanol–water partition coefficient (Wildman–Crippen LogP) is 3.70. The molecule has 2 heteroatoms. The molecule has 2 bridgehead atoms. The maximum atomic E-state index is 3.90. The Morgan fingerprint density at radius 1 is 1.47 bits per heavy atom. The minimum absolute atomic E-state index is 0.454. The van der Waals surface area contributed by atoms with Gasteiger partial charge in [-0.1, -0.05) is 43.3 Å². The van der Waals surface area contributed by atoms with Gasteiger partial charge in [0.2, 0.25) is 0 Å². The second kappa shape index (κ2) is 3.59. The highest BCUT2D eigenvalue weighted by molar-refractivity contribution is 9.11. The molecule has 15 heavy (non-hydrogen) atoms. The number of fused-ring (bicyclic) bond motifs is 2. The summed E-state index contributed by atoms with van der Waals surface area (Å²) in [6, 6.07) is 0.651. The van der Waals surface area contributed by atoms with Crippen molar-refractivity contribution in [3.63, 3.8) is 0 Å². The fourth-order valence-electron chi connectivity index (χ4n) is 4.02. The van der Waals surface area contributed by atoms with Gasteiger partial charge in [-0.2, -0.15) is 0 Å². The standard InChI is InChI=1S/C13H22BrN/c1-9(14)8-15-11-12(2,3)10-5-6-13(11,4)7-10/h10-11,15H,1,5-8H2,2-4H3. The van der Waals surface area contributed by atoms with Crippen molar-refractivity contribution in [1.82, 2.24) is 5.32 Å². The molecular weight excluding hydrogens is 250 g/mol. The zero-order valence-electron chi connectivity index (χ0n) is 10.1. The molecule has 0 aromatic carbocycles. The van der Waals surface area contributed by atoms with E-state index in [1.807, 2.05) is 0 Å². The van der Waals surface area contributed by atoms with E-state index in [-0.39, 0.29) is 0 Å². The van der Waals surface area contributed by atoms with Gasteiger partial charge in [0.1, 0.15) is 0 Å². The van der Waals surface area contributed by atoms with E-state index >= 15 is 0 Å². The number of hydrogen-bond acceptors (Lipinski definition) is 1. The van der Waals surface area contributed by atoms with Crippen LogP contribution in [0.4, 0.5) is 0 Å². The summed E-state index contributed by atoms with van der Waals surface area (Å²) < 4.78 is 1.06. The van der Waals surface area contributed by atoms with E-state index < -0.39 is 0 Å². The molecule has 2 aliphatic rings. The Labute approximate surface area is 102 Å². The third-order valence-corrected chi connectivity index (χ3v) is 5.05. The summed E-state index contributed by atoms with van der Waals surface area (Å²) >= 11 is 3.43. The molecule has 2 aliphatic carbocycles. The van der Waals surface area contributed by atoms with Crippen molar-refractivity contribution in [3.8, 4) is 0 Å². The molecule has 0 heterocycles. The first kappa shape index (κ1) is 11.7. The molecule has 2 rings (SSSR count). The molecule has 2 fully saturated rings. The lowest BCUT2D eigenvalue weighted by molar-refractivity contribution is 0.112. The number of nitrogens with one attached hydrogen (secondary N) is 1. The Morgan fingerprint density at radius 3 is 2.60 bits per heavy atom. The average Bonchev–Trinajstić information content (AvgIpc) is 2.54. The predicted molar refractivity (Wildman–Crippen MR) is 69.1 cm³/mol. The van der Waals surface area contributed by atoms with Crippen LogP contribution in [0.1, 0.15) is 40.0 Å². The minimum Gasteiger partial charge on any atom is -0.308 e. The van der Waals surface area contributed by atoms with Gasteiger partial charge in [0.25, 0.3) is 0 Å². The van der Waals surface area contributed by atoms with Gasteiger partial charge < -0.3 is 5.32 Å². The van der Waals surface area contributed by atoms with Gasteiger partial charge in [0.05, 0.1) is 0 Å². The summed E-state index contributed by atoms with van der Waals surface area (Å²) in [7, 11) is 0. The zero-order chi connectivity index (χ0) is 11.3. The van der Waals surface area contributed by atoms with Crippen molar-refractivity contribution < 1.29 is 0 Å². The van der Waals surface area contributed by atoms with Gasteiger partial charge in [-0.3, -0.25) is 0 Å². The Kier molecular flexibility index (Phi) is 2.79. The number of rotatable bonds is 3. The lowest BCUT2D eigenvalue weighted by Gasteiger charge is -2.43. The van der Waals surface area contributed by atoms with Crippen molar-refractivity contribution in [1.29, 1.82) is 0 Å². The van der Waals surface area contributed by atoms with Crippen molar-refractivity contribution >= 4 is 15.9 Å². The highest BCUT2D eigenvalue weighted by Crippen LogP contribution is 2.62. The molecule has 0 aliphatic heterocycles. The highest BCUT2D eigenvalue weighted by Gasteiger charge is 2.58. The molecule has 0 radical (unpaired) electrons. The highest BCUT2D eigenvalue weighted by atomic mass is 79.9. The molecule has 86 valence electrons. The second-order valence-corrected chi connectivity index (χ2v) is 7.37. The Morgan fingerprint density at radius 2 is 2.13 bits per heavy atom. The lowest BCUT2D eigenvalue weighted by Crippen LogP contribution is -2.50. The van der Waals surface area contributed by atoms with Crippen LogP contribution in [-0.2, 0) is 0 Å². The van der Waals surface area contributed by atoms with Crippen LogP contribution >= 0.6 is 15.9 Å². The van der Waals surface area contributed by atoms with Gasteiger partial charge in [0.15, 0.2) is 0 Å². The molecule has 0 spiro atoms. The van der Waals surface area contributed by atoms with Gasteiger partial charge in [-0.15, -0.1) is 0 Å². The van der Waals surface area contributed by atoms with E-state index in [2.05, 4.69) is 48.6 Å². The fraction of sp³-hybridized carbons (Fsp3) is 0.846. The average molecular weight is 272 g/mol. The molecular formula is C13H22BrN. The van der Waals surface area contributed by atoms with Gasteiger partial charge in [0, 0.05) is 17.1 Å². The zero-order valence-corrected chi connectivity index (χ0v) is 11.7. The van der Waals surface area contributed by atoms with Crippen LogP contribution in [0.25, 0.3) is 0 Å². The van der Waals surface area contributed by atoms with E-state index in [0.717, 1.165) is 16.9 Å². The van der Waals surface area contributed by atoms with Gasteiger partial charge in [-0.05, 0) is 36.0 Å². The van der Waals surface area contributed by atoms with Crippen LogP contribution in [0.3, 0.4) is 0 Å².